The van der Waals surface area contributed by atoms with Gasteiger partial charge < -0.3 is 10.6 Å². The quantitative estimate of drug-likeness (QED) is 0.643. The molecule has 1 fully saturated rings. The van der Waals surface area contributed by atoms with E-state index in [4.69, 9.17) is 5.73 Å². The summed E-state index contributed by atoms with van der Waals surface area (Å²) in [5.41, 5.74) is 5.08. The molecule has 1 aromatic carbocycles. The fourth-order valence-corrected chi connectivity index (χ4v) is 2.87. The van der Waals surface area contributed by atoms with E-state index in [-0.39, 0.29) is 5.69 Å². The van der Waals surface area contributed by atoms with Crippen LogP contribution in [0.1, 0.15) is 44.1 Å². The highest BCUT2D eigenvalue weighted by molar-refractivity contribution is 5.59. The normalized spacial score (nSPS) is 17.8. The van der Waals surface area contributed by atoms with Gasteiger partial charge in [0.05, 0.1) is 5.56 Å². The molecule has 2 nitrogen and oxygen atoms in total. The molecule has 112 valence electrons. The van der Waals surface area contributed by atoms with E-state index in [1.807, 2.05) is 11.9 Å². The fraction of sp³-hybridized carbons (Fsp3) is 0.600. The van der Waals surface area contributed by atoms with Crippen molar-refractivity contribution in [1.82, 2.24) is 0 Å². The summed E-state index contributed by atoms with van der Waals surface area (Å²) >= 11 is 0. The summed E-state index contributed by atoms with van der Waals surface area (Å²) in [7, 11) is 1.88. The van der Waals surface area contributed by atoms with Crippen LogP contribution in [0.2, 0.25) is 0 Å². The number of nitrogens with two attached hydrogens (primary N) is 1. The minimum Gasteiger partial charge on any atom is -0.398 e. The van der Waals surface area contributed by atoms with Crippen molar-refractivity contribution in [3.05, 3.63) is 23.8 Å². The Hall–Kier alpha value is -1.39. The highest BCUT2D eigenvalue weighted by Crippen LogP contribution is 2.36. The lowest BCUT2D eigenvalue weighted by atomic mass is 10.1. The molecular formula is C15H21F3N2. The molecule has 2 rings (SSSR count). The molecule has 0 bridgehead atoms. The molecule has 0 atom stereocenters. The Balaban J connectivity index is 2.23. The summed E-state index contributed by atoms with van der Waals surface area (Å²) in [5, 5.41) is 0. The van der Waals surface area contributed by atoms with Crippen molar-refractivity contribution in [2.45, 2.75) is 50.7 Å². The van der Waals surface area contributed by atoms with Gasteiger partial charge in [0.2, 0.25) is 0 Å². The van der Waals surface area contributed by atoms with Gasteiger partial charge in [0.15, 0.2) is 0 Å². The van der Waals surface area contributed by atoms with Gasteiger partial charge in [-0.3, -0.25) is 0 Å². The molecule has 1 aromatic rings. The van der Waals surface area contributed by atoms with Crippen molar-refractivity contribution in [2.24, 2.45) is 0 Å². The molecule has 1 aliphatic carbocycles. The van der Waals surface area contributed by atoms with E-state index in [9.17, 15) is 13.2 Å². The SMILES string of the molecule is CN(c1ccc(N)c(C(F)(F)F)c1)C1CCCCCC1. The number of hydrogen-bond acceptors (Lipinski definition) is 2. The maximum Gasteiger partial charge on any atom is 0.418 e. The average molecular weight is 286 g/mol. The molecule has 0 radical (unpaired) electrons. The first-order valence-corrected chi connectivity index (χ1v) is 7.09. The van der Waals surface area contributed by atoms with E-state index in [0.717, 1.165) is 25.7 Å². The third kappa shape index (κ3) is 3.38. The number of nitrogen functional groups attached to an aromatic ring is 1. The number of alkyl halides is 3. The second-order valence-electron chi connectivity index (χ2n) is 5.53. The third-order valence-electron chi connectivity index (χ3n) is 4.12. The van der Waals surface area contributed by atoms with E-state index >= 15 is 0 Å². The lowest BCUT2D eigenvalue weighted by molar-refractivity contribution is -0.136. The summed E-state index contributed by atoms with van der Waals surface area (Å²) in [6, 6.07) is 4.52. The lowest BCUT2D eigenvalue weighted by Crippen LogP contribution is -2.31. The van der Waals surface area contributed by atoms with Crippen molar-refractivity contribution in [1.29, 1.82) is 0 Å². The molecule has 0 aromatic heterocycles. The minimum atomic E-state index is -4.40. The Morgan fingerprint density at radius 3 is 2.25 bits per heavy atom. The predicted octanol–water partition coefficient (Wildman–Crippen LogP) is 4.45. The van der Waals surface area contributed by atoms with Crippen LogP contribution in [0.25, 0.3) is 0 Å². The van der Waals surface area contributed by atoms with Crippen molar-refractivity contribution in [3.8, 4) is 0 Å². The number of hydrogen-bond donors (Lipinski definition) is 1. The van der Waals surface area contributed by atoms with Gasteiger partial charge in [-0.2, -0.15) is 13.2 Å². The predicted molar refractivity (Wildman–Crippen MR) is 75.7 cm³/mol. The number of halogens is 3. The van der Waals surface area contributed by atoms with Gasteiger partial charge in [-0.05, 0) is 31.0 Å². The highest BCUT2D eigenvalue weighted by Gasteiger charge is 2.33. The lowest BCUT2D eigenvalue weighted by Gasteiger charge is -2.30. The topological polar surface area (TPSA) is 29.3 Å². The number of benzene rings is 1. The Kier molecular flexibility index (Phi) is 4.45. The third-order valence-corrected chi connectivity index (χ3v) is 4.12. The van der Waals surface area contributed by atoms with Gasteiger partial charge in [-0.15, -0.1) is 0 Å². The largest absolute Gasteiger partial charge is 0.418 e. The zero-order valence-electron chi connectivity index (χ0n) is 11.7. The van der Waals surface area contributed by atoms with Crippen LogP contribution in [0.3, 0.4) is 0 Å². The maximum absolute atomic E-state index is 12.9. The second kappa shape index (κ2) is 5.94. The molecule has 1 saturated carbocycles. The van der Waals surface area contributed by atoms with Crippen LogP contribution in [0, 0.1) is 0 Å². The minimum absolute atomic E-state index is 0.212. The zero-order valence-corrected chi connectivity index (χ0v) is 11.7. The number of rotatable bonds is 2. The maximum atomic E-state index is 12.9. The molecule has 0 unspecified atom stereocenters. The Morgan fingerprint density at radius 1 is 1.10 bits per heavy atom. The van der Waals surface area contributed by atoms with Gasteiger partial charge in [-0.25, -0.2) is 0 Å². The monoisotopic (exact) mass is 286 g/mol. The average Bonchev–Trinajstić information content (AvgIpc) is 2.66. The zero-order chi connectivity index (χ0) is 14.8. The van der Waals surface area contributed by atoms with Crippen LogP contribution in [-0.4, -0.2) is 13.1 Å². The van der Waals surface area contributed by atoms with E-state index in [2.05, 4.69) is 0 Å². The van der Waals surface area contributed by atoms with Crippen LogP contribution in [-0.2, 0) is 6.18 Å². The molecule has 0 spiro atoms. The van der Waals surface area contributed by atoms with Crippen LogP contribution < -0.4 is 10.6 Å². The molecule has 0 heterocycles. The summed E-state index contributed by atoms with van der Waals surface area (Å²) in [4.78, 5) is 1.97. The van der Waals surface area contributed by atoms with Gasteiger partial charge in [-0.1, -0.05) is 25.7 Å². The highest BCUT2D eigenvalue weighted by atomic mass is 19.4. The molecule has 0 aliphatic heterocycles. The molecular weight excluding hydrogens is 265 g/mol. The van der Waals surface area contributed by atoms with Gasteiger partial charge in [0, 0.05) is 24.5 Å². The number of anilines is 2. The Labute approximate surface area is 117 Å². The van der Waals surface area contributed by atoms with E-state index in [1.165, 1.54) is 25.0 Å². The molecule has 0 saturated heterocycles. The van der Waals surface area contributed by atoms with Gasteiger partial charge in [0.25, 0.3) is 0 Å². The van der Waals surface area contributed by atoms with E-state index in [1.54, 1.807) is 6.07 Å². The summed E-state index contributed by atoms with van der Waals surface area (Å²) in [6.07, 6.45) is 2.43. The van der Waals surface area contributed by atoms with Crippen molar-refractivity contribution < 1.29 is 13.2 Å². The molecule has 0 amide bonds. The molecule has 1 aliphatic rings. The fourth-order valence-electron chi connectivity index (χ4n) is 2.87. The Bertz CT molecular complexity index is 449. The number of nitrogens with zero attached hydrogens (tertiary/aromatic N) is 1. The summed E-state index contributed by atoms with van der Waals surface area (Å²) < 4.78 is 38.7. The standard InChI is InChI=1S/C15H21F3N2/c1-20(11-6-4-2-3-5-7-11)12-8-9-14(19)13(10-12)15(16,17)18/h8-11H,2-7,19H2,1H3. The molecule has 20 heavy (non-hydrogen) atoms. The van der Waals surface area contributed by atoms with E-state index in [0.29, 0.717) is 11.7 Å². The Morgan fingerprint density at radius 2 is 1.70 bits per heavy atom. The first-order valence-electron chi connectivity index (χ1n) is 7.09. The van der Waals surface area contributed by atoms with E-state index < -0.39 is 11.7 Å². The van der Waals surface area contributed by atoms with Crippen molar-refractivity contribution in [3.63, 3.8) is 0 Å². The smallest absolute Gasteiger partial charge is 0.398 e. The summed E-state index contributed by atoms with van der Waals surface area (Å²) in [6.45, 7) is 0. The first-order chi connectivity index (χ1) is 9.39. The van der Waals surface area contributed by atoms with Gasteiger partial charge in [0.1, 0.15) is 0 Å². The van der Waals surface area contributed by atoms with Crippen LogP contribution >= 0.6 is 0 Å². The molecule has 2 N–H and O–H groups in total. The first kappa shape index (κ1) is 15.0. The van der Waals surface area contributed by atoms with Crippen LogP contribution in [0.4, 0.5) is 24.5 Å². The second-order valence-corrected chi connectivity index (χ2v) is 5.53. The van der Waals surface area contributed by atoms with Crippen LogP contribution in [0.15, 0.2) is 18.2 Å². The van der Waals surface area contributed by atoms with Gasteiger partial charge >= 0.3 is 6.18 Å². The van der Waals surface area contributed by atoms with Crippen LogP contribution in [0.5, 0.6) is 0 Å². The van der Waals surface area contributed by atoms with Crippen molar-refractivity contribution >= 4 is 11.4 Å². The molecule has 5 heteroatoms. The van der Waals surface area contributed by atoms with Crippen molar-refractivity contribution in [2.75, 3.05) is 17.7 Å². The summed E-state index contributed by atoms with van der Waals surface area (Å²) in [5.74, 6) is 0.